The van der Waals surface area contributed by atoms with Gasteiger partial charge in [0.1, 0.15) is 23.7 Å². The van der Waals surface area contributed by atoms with E-state index in [1.165, 1.54) is 35.8 Å². The number of pyridine rings is 1. The summed E-state index contributed by atoms with van der Waals surface area (Å²) in [6.45, 7) is 2.37. The van der Waals surface area contributed by atoms with Crippen LogP contribution < -0.4 is 11.0 Å². The van der Waals surface area contributed by atoms with Gasteiger partial charge in [-0.2, -0.15) is 0 Å². The summed E-state index contributed by atoms with van der Waals surface area (Å²) in [5.41, 5.74) is -4.09. The van der Waals surface area contributed by atoms with E-state index in [0.717, 1.165) is 18.0 Å². The molecule has 3 aromatic carbocycles. The van der Waals surface area contributed by atoms with Gasteiger partial charge in [-0.1, -0.05) is 66.4 Å². The van der Waals surface area contributed by atoms with E-state index in [-0.39, 0.29) is 34.1 Å². The molecule has 6 rings (SSSR count). The van der Waals surface area contributed by atoms with Crippen LogP contribution in [0, 0.1) is 0 Å². The number of carbonyl (C=O) groups is 4. The average Bonchev–Trinajstić information content (AvgIpc) is 3.44. The van der Waals surface area contributed by atoms with E-state index in [9.17, 15) is 28.8 Å². The first-order chi connectivity index (χ1) is 25.5. The van der Waals surface area contributed by atoms with E-state index in [1.807, 2.05) is 0 Å². The van der Waals surface area contributed by atoms with Crippen molar-refractivity contribution in [2.24, 2.45) is 0 Å². The van der Waals surface area contributed by atoms with Crippen molar-refractivity contribution >= 4 is 46.7 Å². The molecule has 14 nitrogen and oxygen atoms in total. The zero-order chi connectivity index (χ0) is 37.7. The molecule has 0 radical (unpaired) electrons. The Morgan fingerprint density at radius 3 is 1.96 bits per heavy atom. The first-order valence-electron chi connectivity index (χ1n) is 16.4. The van der Waals surface area contributed by atoms with Crippen LogP contribution in [0.4, 0.5) is 0 Å². The van der Waals surface area contributed by atoms with E-state index >= 15 is 0 Å². The van der Waals surface area contributed by atoms with Crippen LogP contribution in [0.2, 0.25) is 0 Å². The Morgan fingerprint density at radius 1 is 0.830 bits per heavy atom. The largest absolute Gasteiger partial charge is 0.462 e. The van der Waals surface area contributed by atoms with Gasteiger partial charge >= 0.3 is 23.9 Å². The molecular formula is C38H33N3O11S. The minimum atomic E-state index is -2.01. The lowest BCUT2D eigenvalue weighted by Crippen LogP contribution is -2.51. The van der Waals surface area contributed by atoms with Gasteiger partial charge in [0, 0.05) is 6.20 Å². The molecule has 4 atom stereocenters. The Labute approximate surface area is 306 Å². The Bertz CT molecular complexity index is 2280. The highest BCUT2D eigenvalue weighted by Gasteiger charge is 2.61. The predicted molar refractivity (Wildman–Crippen MR) is 191 cm³/mol. The normalized spacial score (nSPS) is 19.3. The summed E-state index contributed by atoms with van der Waals surface area (Å²) in [5.74, 6) is -3.43. The molecular weight excluding hydrogens is 706 g/mol. The summed E-state index contributed by atoms with van der Waals surface area (Å²) in [5, 5.41) is -0.397. The number of benzene rings is 3. The van der Waals surface area contributed by atoms with Crippen LogP contribution in [0.15, 0.2) is 112 Å². The summed E-state index contributed by atoms with van der Waals surface area (Å²) in [4.78, 5) is 87.9. The summed E-state index contributed by atoms with van der Waals surface area (Å²) >= 11 is 1.07. The van der Waals surface area contributed by atoms with Crippen molar-refractivity contribution < 1.29 is 42.9 Å². The van der Waals surface area contributed by atoms with Crippen molar-refractivity contribution in [3.8, 4) is 0 Å². The van der Waals surface area contributed by atoms with Crippen molar-refractivity contribution in [1.29, 1.82) is 0 Å². The number of nitrogens with zero attached hydrogens (tertiary/aromatic N) is 2. The van der Waals surface area contributed by atoms with Crippen LogP contribution in [0.25, 0.3) is 11.0 Å². The average molecular weight is 740 g/mol. The van der Waals surface area contributed by atoms with Gasteiger partial charge in [-0.25, -0.2) is 24.2 Å². The van der Waals surface area contributed by atoms with E-state index in [4.69, 9.17) is 23.7 Å². The van der Waals surface area contributed by atoms with Gasteiger partial charge in [0.05, 0.1) is 23.3 Å². The molecule has 5 aromatic rings. The number of esters is 4. The molecule has 0 aliphatic carbocycles. The highest BCUT2D eigenvalue weighted by Crippen LogP contribution is 2.45. The van der Waals surface area contributed by atoms with Crippen LogP contribution in [-0.2, 0) is 23.7 Å². The highest BCUT2D eigenvalue weighted by atomic mass is 32.2. The van der Waals surface area contributed by atoms with Crippen molar-refractivity contribution in [2.45, 2.75) is 43.0 Å². The zero-order valence-corrected chi connectivity index (χ0v) is 29.5. The maximum Gasteiger partial charge on any atom is 0.343 e. The van der Waals surface area contributed by atoms with Gasteiger partial charge in [0.25, 0.3) is 5.56 Å². The van der Waals surface area contributed by atoms with Crippen LogP contribution in [-0.4, -0.2) is 75.7 Å². The molecule has 0 amide bonds. The zero-order valence-electron chi connectivity index (χ0n) is 28.7. The van der Waals surface area contributed by atoms with Crippen LogP contribution in [0.1, 0.15) is 61.5 Å². The molecule has 4 unspecified atom stereocenters. The number of fused-ring (bicyclic) bond motifs is 1. The fourth-order valence-electron chi connectivity index (χ4n) is 5.91. The number of aromatic amines is 1. The molecule has 3 heterocycles. The molecule has 0 saturated carbocycles. The molecule has 15 heteroatoms. The fraction of sp³-hybridized carbons (Fsp3) is 0.237. The number of aromatic nitrogens is 3. The monoisotopic (exact) mass is 739 g/mol. The number of carbonyl (C=O) groups excluding carboxylic acids is 4. The lowest BCUT2D eigenvalue weighted by Gasteiger charge is -2.35. The first kappa shape index (κ1) is 36.7. The molecule has 0 spiro atoms. The summed E-state index contributed by atoms with van der Waals surface area (Å²) in [6, 6.07) is 24.2. The number of thioether (sulfide) groups is 1. The van der Waals surface area contributed by atoms with E-state index < -0.39 is 76.5 Å². The van der Waals surface area contributed by atoms with Gasteiger partial charge in [-0.3, -0.25) is 9.59 Å². The lowest BCUT2D eigenvalue weighted by atomic mass is 9.94. The summed E-state index contributed by atoms with van der Waals surface area (Å²) < 4.78 is 30.8. The Kier molecular flexibility index (Phi) is 10.9. The van der Waals surface area contributed by atoms with Gasteiger partial charge in [0.15, 0.2) is 28.7 Å². The molecule has 0 bridgehead atoms. The smallest absolute Gasteiger partial charge is 0.343 e. The highest BCUT2D eigenvalue weighted by molar-refractivity contribution is 7.98. The van der Waals surface area contributed by atoms with E-state index in [0.29, 0.717) is 0 Å². The number of H-pyrrole nitrogens is 1. The minimum absolute atomic E-state index is 0.0883. The summed E-state index contributed by atoms with van der Waals surface area (Å²) in [7, 11) is 0. The van der Waals surface area contributed by atoms with Crippen molar-refractivity contribution in [3.63, 3.8) is 0 Å². The Hall–Kier alpha value is -6.06. The Balaban J connectivity index is 1.55. The topological polar surface area (TPSA) is 182 Å². The third-order valence-electron chi connectivity index (χ3n) is 8.45. The predicted octanol–water partition coefficient (Wildman–Crippen LogP) is 4.58. The maximum atomic E-state index is 13.9. The number of rotatable bonds is 11. The van der Waals surface area contributed by atoms with Crippen LogP contribution >= 0.6 is 11.8 Å². The molecule has 1 aliphatic heterocycles. The van der Waals surface area contributed by atoms with Crippen LogP contribution in [0.3, 0.4) is 0 Å². The molecule has 1 aliphatic rings. The second-order valence-electron chi connectivity index (χ2n) is 11.9. The molecule has 53 heavy (non-hydrogen) atoms. The molecule has 1 N–H and O–H groups in total. The number of hydrogen-bond donors (Lipinski definition) is 1. The lowest BCUT2D eigenvalue weighted by molar-refractivity contribution is -0.109. The third-order valence-corrected chi connectivity index (χ3v) is 9.03. The molecule has 1 fully saturated rings. The van der Waals surface area contributed by atoms with E-state index in [1.54, 1.807) is 79.9 Å². The summed E-state index contributed by atoms with van der Waals surface area (Å²) in [6.07, 6.45) is -1.65. The van der Waals surface area contributed by atoms with Gasteiger partial charge in [-0.05, 0) is 56.5 Å². The maximum absolute atomic E-state index is 13.9. The SMILES string of the molecule is CCOC(=O)c1cn(C2OC(COC(=O)c3ccccc3)C(OC(=O)c3ccccc3)C2(C)OC(=O)c2ccccc2)c2nc(SC)[nH]c(=O)c2c1=O. The minimum Gasteiger partial charge on any atom is -0.462 e. The number of nitrogens with one attached hydrogen (secondary N) is 1. The van der Waals surface area contributed by atoms with Crippen molar-refractivity contribution in [2.75, 3.05) is 19.5 Å². The van der Waals surface area contributed by atoms with E-state index in [2.05, 4.69) is 9.97 Å². The quantitative estimate of drug-likeness (QED) is 0.0861. The van der Waals surface area contributed by atoms with Gasteiger partial charge < -0.3 is 33.2 Å². The van der Waals surface area contributed by atoms with Crippen molar-refractivity contribution in [1.82, 2.24) is 14.5 Å². The number of hydrogen-bond acceptors (Lipinski definition) is 13. The Morgan fingerprint density at radius 2 is 1.40 bits per heavy atom. The standard InChI is InChI=1S/C38H33N3O11S/c1-4-48-35(47)25-20-41(30-27(28(25)42)31(43)40-37(39-30)53-3)36-38(2,52-34(46)24-18-12-7-13-19-24)29(51-33(45)23-16-10-6-11-17-23)26(50-36)21-49-32(44)22-14-8-5-9-15-22/h5-20,26,29,36H,4,21H2,1-3H3,(H,39,40,43). The second kappa shape index (κ2) is 15.7. The third kappa shape index (κ3) is 7.47. The number of ether oxygens (including phenoxy) is 5. The first-order valence-corrected chi connectivity index (χ1v) is 17.6. The fourth-order valence-corrected chi connectivity index (χ4v) is 6.29. The molecule has 2 aromatic heterocycles. The molecule has 272 valence electrons. The molecule has 1 saturated heterocycles. The van der Waals surface area contributed by atoms with Crippen LogP contribution in [0.5, 0.6) is 0 Å². The van der Waals surface area contributed by atoms with Gasteiger partial charge in [-0.15, -0.1) is 0 Å². The van der Waals surface area contributed by atoms with Crippen molar-refractivity contribution in [3.05, 3.63) is 140 Å². The van der Waals surface area contributed by atoms with Gasteiger partial charge in [0.2, 0.25) is 5.43 Å². The second-order valence-corrected chi connectivity index (χ2v) is 12.7.